The van der Waals surface area contributed by atoms with Crippen LogP contribution in [0.15, 0.2) is 42.5 Å². The number of hydrogen-bond acceptors (Lipinski definition) is 2. The van der Waals surface area contributed by atoms with E-state index in [0.29, 0.717) is 6.54 Å². The van der Waals surface area contributed by atoms with Crippen molar-refractivity contribution in [1.82, 2.24) is 5.32 Å². The minimum absolute atomic E-state index is 0. The average Bonchev–Trinajstić information content (AvgIpc) is 2.42. The number of fused-ring (bicyclic) bond motifs is 1. The molecule has 1 fully saturated rings. The summed E-state index contributed by atoms with van der Waals surface area (Å²) in [6, 6.07) is 13.7. The molecule has 2 aromatic rings. The number of nitrogens with two attached hydrogens (primary N) is 1. The molecule has 0 aromatic heterocycles. The maximum absolute atomic E-state index is 12.3. The first kappa shape index (κ1) is 14.8. The van der Waals surface area contributed by atoms with E-state index in [0.717, 1.165) is 29.2 Å². The molecule has 0 bridgehead atoms. The number of rotatable bonds is 3. The van der Waals surface area contributed by atoms with Crippen molar-refractivity contribution in [2.45, 2.75) is 24.8 Å². The van der Waals surface area contributed by atoms with Gasteiger partial charge in [-0.2, -0.15) is 0 Å². The van der Waals surface area contributed by atoms with Crippen LogP contribution in [-0.4, -0.2) is 18.0 Å². The summed E-state index contributed by atoms with van der Waals surface area (Å²) >= 11 is 0. The Morgan fingerprint density at radius 3 is 2.55 bits per heavy atom. The van der Waals surface area contributed by atoms with Gasteiger partial charge in [-0.15, -0.1) is 12.4 Å². The Labute approximate surface area is 125 Å². The van der Waals surface area contributed by atoms with Crippen LogP contribution in [0.25, 0.3) is 10.8 Å². The summed E-state index contributed by atoms with van der Waals surface area (Å²) in [6.07, 6.45) is 3.17. The summed E-state index contributed by atoms with van der Waals surface area (Å²) in [5.74, 6) is -0.0338. The minimum Gasteiger partial charge on any atom is -0.350 e. The van der Waals surface area contributed by atoms with Gasteiger partial charge >= 0.3 is 0 Å². The van der Waals surface area contributed by atoms with Gasteiger partial charge in [0.25, 0.3) is 5.91 Å². The predicted octanol–water partition coefficient (Wildman–Crippen LogP) is 2.87. The van der Waals surface area contributed by atoms with E-state index in [9.17, 15) is 4.79 Å². The molecule has 106 valence electrons. The van der Waals surface area contributed by atoms with Crippen molar-refractivity contribution in [3.8, 4) is 0 Å². The van der Waals surface area contributed by atoms with Crippen molar-refractivity contribution in [3.63, 3.8) is 0 Å². The van der Waals surface area contributed by atoms with Gasteiger partial charge in [0.1, 0.15) is 0 Å². The van der Waals surface area contributed by atoms with Crippen LogP contribution in [0, 0.1) is 0 Å². The second-order valence-electron chi connectivity index (χ2n) is 5.43. The molecule has 1 saturated carbocycles. The summed E-state index contributed by atoms with van der Waals surface area (Å²) in [5.41, 5.74) is 6.67. The Morgan fingerprint density at radius 2 is 1.85 bits per heavy atom. The maximum atomic E-state index is 12.3. The Bertz CT molecular complexity index is 617. The van der Waals surface area contributed by atoms with Crippen molar-refractivity contribution in [3.05, 3.63) is 48.0 Å². The van der Waals surface area contributed by atoms with Crippen LogP contribution in [-0.2, 0) is 0 Å². The van der Waals surface area contributed by atoms with Crippen molar-refractivity contribution < 1.29 is 4.79 Å². The molecule has 0 radical (unpaired) electrons. The van der Waals surface area contributed by atoms with Crippen molar-refractivity contribution in [2.24, 2.45) is 5.73 Å². The SMILES string of the molecule is Cl.NC1(CNC(=O)c2cccc3ccccc23)CCC1. The van der Waals surface area contributed by atoms with Crippen molar-refractivity contribution >= 4 is 29.1 Å². The van der Waals surface area contributed by atoms with Crippen LogP contribution in [0.1, 0.15) is 29.6 Å². The lowest BCUT2D eigenvalue weighted by Gasteiger charge is -2.38. The van der Waals surface area contributed by atoms with Crippen LogP contribution in [0.5, 0.6) is 0 Å². The highest BCUT2D eigenvalue weighted by Crippen LogP contribution is 2.28. The molecule has 3 rings (SSSR count). The molecule has 0 saturated heterocycles. The lowest BCUT2D eigenvalue weighted by Crippen LogP contribution is -2.54. The smallest absolute Gasteiger partial charge is 0.251 e. The second-order valence-corrected chi connectivity index (χ2v) is 5.43. The standard InChI is InChI=1S/C16H18N2O.ClH/c17-16(9-4-10-16)11-18-15(19)14-8-3-6-12-5-1-2-7-13(12)14;/h1-3,5-8H,4,9-11,17H2,(H,18,19);1H. The number of hydrogen-bond donors (Lipinski definition) is 2. The Kier molecular flexibility index (Phi) is 4.31. The predicted molar refractivity (Wildman–Crippen MR) is 84.3 cm³/mol. The van der Waals surface area contributed by atoms with Gasteiger partial charge in [0.05, 0.1) is 0 Å². The van der Waals surface area contributed by atoms with Crippen molar-refractivity contribution in [1.29, 1.82) is 0 Å². The van der Waals surface area contributed by atoms with E-state index in [1.807, 2.05) is 42.5 Å². The third kappa shape index (κ3) is 2.79. The highest BCUT2D eigenvalue weighted by atomic mass is 35.5. The minimum atomic E-state index is -0.180. The Balaban J connectivity index is 0.00000147. The number of halogens is 1. The zero-order valence-electron chi connectivity index (χ0n) is 11.3. The van der Waals surface area contributed by atoms with E-state index in [1.165, 1.54) is 6.42 Å². The van der Waals surface area contributed by atoms with E-state index < -0.39 is 0 Å². The summed E-state index contributed by atoms with van der Waals surface area (Å²) in [4.78, 5) is 12.3. The fourth-order valence-corrected chi connectivity index (χ4v) is 2.58. The second kappa shape index (κ2) is 5.81. The molecular formula is C16H19ClN2O. The molecule has 0 heterocycles. The third-order valence-electron chi connectivity index (χ3n) is 3.98. The normalized spacial score (nSPS) is 16.1. The van der Waals surface area contributed by atoms with Gasteiger partial charge in [-0.05, 0) is 36.1 Å². The lowest BCUT2D eigenvalue weighted by molar-refractivity contribution is 0.0931. The van der Waals surface area contributed by atoms with E-state index >= 15 is 0 Å². The number of nitrogens with one attached hydrogen (secondary N) is 1. The molecule has 1 amide bonds. The van der Waals surface area contributed by atoms with Crippen molar-refractivity contribution in [2.75, 3.05) is 6.54 Å². The summed E-state index contributed by atoms with van der Waals surface area (Å²) in [5, 5.41) is 5.04. The lowest BCUT2D eigenvalue weighted by atomic mass is 9.78. The summed E-state index contributed by atoms with van der Waals surface area (Å²) in [7, 11) is 0. The zero-order valence-corrected chi connectivity index (χ0v) is 12.1. The molecule has 0 aliphatic heterocycles. The van der Waals surface area contributed by atoms with E-state index in [4.69, 9.17) is 5.73 Å². The molecule has 0 atom stereocenters. The van der Waals surface area contributed by atoms with Crippen LogP contribution >= 0.6 is 12.4 Å². The molecule has 3 nitrogen and oxygen atoms in total. The molecule has 4 heteroatoms. The molecule has 3 N–H and O–H groups in total. The molecular weight excluding hydrogens is 272 g/mol. The van der Waals surface area contributed by atoms with E-state index in [1.54, 1.807) is 0 Å². The Hall–Kier alpha value is -1.58. The molecule has 0 spiro atoms. The summed E-state index contributed by atoms with van der Waals surface area (Å²) < 4.78 is 0. The first-order valence-corrected chi connectivity index (χ1v) is 6.73. The van der Waals surface area contributed by atoms with Gasteiger partial charge < -0.3 is 11.1 Å². The number of carbonyl (C=O) groups excluding carboxylic acids is 1. The van der Waals surface area contributed by atoms with Gasteiger partial charge in [0, 0.05) is 17.6 Å². The zero-order chi connectivity index (χ0) is 13.3. The quantitative estimate of drug-likeness (QED) is 0.913. The van der Waals surface area contributed by atoms with Gasteiger partial charge in [-0.3, -0.25) is 4.79 Å². The van der Waals surface area contributed by atoms with Crippen LogP contribution < -0.4 is 11.1 Å². The molecule has 1 aliphatic rings. The van der Waals surface area contributed by atoms with Gasteiger partial charge in [-0.1, -0.05) is 36.4 Å². The molecule has 20 heavy (non-hydrogen) atoms. The Morgan fingerprint density at radius 1 is 1.15 bits per heavy atom. The highest BCUT2D eigenvalue weighted by molar-refractivity contribution is 6.07. The number of carbonyl (C=O) groups is 1. The van der Waals surface area contributed by atoms with Gasteiger partial charge in [-0.25, -0.2) is 0 Å². The molecule has 1 aliphatic carbocycles. The van der Waals surface area contributed by atoms with Crippen LogP contribution in [0.3, 0.4) is 0 Å². The summed E-state index contributed by atoms with van der Waals surface area (Å²) in [6.45, 7) is 0.565. The number of benzene rings is 2. The number of amides is 1. The van der Waals surface area contributed by atoms with Gasteiger partial charge in [0.15, 0.2) is 0 Å². The van der Waals surface area contributed by atoms with Crippen LogP contribution in [0.2, 0.25) is 0 Å². The fraction of sp³-hybridized carbons (Fsp3) is 0.312. The topological polar surface area (TPSA) is 55.1 Å². The first-order chi connectivity index (χ1) is 9.18. The largest absolute Gasteiger partial charge is 0.350 e. The average molecular weight is 291 g/mol. The van der Waals surface area contributed by atoms with Crippen LogP contribution in [0.4, 0.5) is 0 Å². The monoisotopic (exact) mass is 290 g/mol. The van der Waals surface area contributed by atoms with Gasteiger partial charge in [0.2, 0.25) is 0 Å². The molecule has 2 aromatic carbocycles. The highest BCUT2D eigenvalue weighted by Gasteiger charge is 2.32. The van der Waals surface area contributed by atoms with E-state index in [-0.39, 0.29) is 23.9 Å². The first-order valence-electron chi connectivity index (χ1n) is 6.73. The third-order valence-corrected chi connectivity index (χ3v) is 3.98. The van der Waals surface area contributed by atoms with E-state index in [2.05, 4.69) is 5.32 Å². The fourth-order valence-electron chi connectivity index (χ4n) is 2.58. The molecule has 0 unspecified atom stereocenters. The maximum Gasteiger partial charge on any atom is 0.251 e.